The second kappa shape index (κ2) is 5.90. The van der Waals surface area contributed by atoms with Crippen LogP contribution in [0.15, 0.2) is 23.4 Å². The molecule has 1 aromatic rings. The lowest BCUT2D eigenvalue weighted by molar-refractivity contribution is 0.502. The lowest BCUT2D eigenvalue weighted by Crippen LogP contribution is -2.18. The summed E-state index contributed by atoms with van der Waals surface area (Å²) in [4.78, 5) is 4.00. The van der Waals surface area contributed by atoms with Crippen LogP contribution < -0.4 is 5.32 Å². The fourth-order valence-corrected chi connectivity index (χ4v) is 3.11. The van der Waals surface area contributed by atoms with Crippen LogP contribution in [0.25, 0.3) is 0 Å². The number of aromatic nitrogens is 1. The van der Waals surface area contributed by atoms with E-state index in [0.717, 1.165) is 11.6 Å². The monoisotopic (exact) mass is 282 g/mol. The van der Waals surface area contributed by atoms with Gasteiger partial charge in [-0.1, -0.05) is 19.8 Å². The molecule has 0 spiro atoms. The Morgan fingerprint density at radius 1 is 1.21 bits per heavy atom. The van der Waals surface area contributed by atoms with Crippen LogP contribution in [0.3, 0.4) is 0 Å². The molecule has 1 aromatic heterocycles. The van der Waals surface area contributed by atoms with Crippen molar-refractivity contribution in [2.24, 2.45) is 5.92 Å². The Morgan fingerprint density at radius 2 is 2.00 bits per heavy atom. The van der Waals surface area contributed by atoms with Gasteiger partial charge in [-0.2, -0.15) is 0 Å². The molecule has 1 N–H and O–H groups in total. The first-order chi connectivity index (χ1) is 8.95. The summed E-state index contributed by atoms with van der Waals surface area (Å²) in [6.45, 7) is 2.31. The fourth-order valence-electron chi connectivity index (χ4n) is 2.55. The van der Waals surface area contributed by atoms with E-state index in [2.05, 4.69) is 17.2 Å². The third-order valence-corrected chi connectivity index (χ3v) is 4.75. The molecule has 1 aliphatic carbocycles. The molecule has 4 nitrogen and oxygen atoms in total. The van der Waals surface area contributed by atoms with Crippen molar-refractivity contribution < 1.29 is 8.42 Å². The van der Waals surface area contributed by atoms with Gasteiger partial charge in [-0.3, -0.25) is 0 Å². The topological polar surface area (TPSA) is 59.1 Å². The Kier molecular flexibility index (Phi) is 4.45. The van der Waals surface area contributed by atoms with Crippen molar-refractivity contribution in [1.29, 1.82) is 0 Å². The molecule has 0 aliphatic heterocycles. The Bertz CT molecular complexity index is 511. The number of rotatable bonds is 3. The van der Waals surface area contributed by atoms with E-state index >= 15 is 0 Å². The van der Waals surface area contributed by atoms with Crippen LogP contribution in [-0.4, -0.2) is 25.7 Å². The molecule has 106 valence electrons. The summed E-state index contributed by atoms with van der Waals surface area (Å²) in [5.74, 6) is 0.817. The highest BCUT2D eigenvalue weighted by Gasteiger charge is 2.16. The molecule has 19 heavy (non-hydrogen) atoms. The normalized spacial score (nSPS) is 24.7. The molecule has 0 bridgehead atoms. The average molecular weight is 282 g/mol. The number of sulfone groups is 1. The van der Waals surface area contributed by atoms with Gasteiger partial charge in [0.15, 0.2) is 14.9 Å². The largest absolute Gasteiger partial charge is 0.381 e. The Labute approximate surface area is 115 Å². The van der Waals surface area contributed by atoms with Crippen LogP contribution in [0.2, 0.25) is 0 Å². The number of hydrogen-bond donors (Lipinski definition) is 1. The molecular weight excluding hydrogens is 260 g/mol. The lowest BCUT2D eigenvalue weighted by Gasteiger charge is -2.17. The van der Waals surface area contributed by atoms with Gasteiger partial charge < -0.3 is 5.32 Å². The number of anilines is 1. The highest BCUT2D eigenvalue weighted by atomic mass is 32.2. The van der Waals surface area contributed by atoms with E-state index in [0.29, 0.717) is 6.04 Å². The van der Waals surface area contributed by atoms with Gasteiger partial charge in [0, 0.05) is 12.3 Å². The molecular formula is C14H22N2O2S. The Morgan fingerprint density at radius 3 is 2.63 bits per heavy atom. The molecule has 2 atom stereocenters. The van der Waals surface area contributed by atoms with Crippen molar-refractivity contribution in [3.8, 4) is 0 Å². The van der Waals surface area contributed by atoms with Crippen LogP contribution >= 0.6 is 0 Å². The van der Waals surface area contributed by atoms with E-state index in [-0.39, 0.29) is 5.03 Å². The summed E-state index contributed by atoms with van der Waals surface area (Å²) in [7, 11) is -3.20. The van der Waals surface area contributed by atoms with Crippen molar-refractivity contribution in [1.82, 2.24) is 4.98 Å². The van der Waals surface area contributed by atoms with Crippen molar-refractivity contribution in [2.45, 2.75) is 50.1 Å². The maximum absolute atomic E-state index is 11.3. The minimum absolute atomic E-state index is 0.132. The zero-order valence-electron chi connectivity index (χ0n) is 11.6. The van der Waals surface area contributed by atoms with E-state index in [4.69, 9.17) is 0 Å². The maximum atomic E-state index is 11.3. The lowest BCUT2D eigenvalue weighted by atomic mass is 10.0. The summed E-state index contributed by atoms with van der Waals surface area (Å²) in [5.41, 5.74) is 0.909. The van der Waals surface area contributed by atoms with Gasteiger partial charge >= 0.3 is 0 Å². The van der Waals surface area contributed by atoms with Crippen LogP contribution in [0.4, 0.5) is 5.69 Å². The summed E-state index contributed by atoms with van der Waals surface area (Å²) in [6, 6.07) is 3.85. The zero-order valence-corrected chi connectivity index (χ0v) is 12.4. The molecule has 1 heterocycles. The smallest absolute Gasteiger partial charge is 0.192 e. The minimum Gasteiger partial charge on any atom is -0.381 e. The molecule has 0 saturated heterocycles. The number of hydrogen-bond acceptors (Lipinski definition) is 4. The molecule has 5 heteroatoms. The molecule has 2 rings (SSSR count). The minimum atomic E-state index is -3.20. The first-order valence-electron chi connectivity index (χ1n) is 6.88. The average Bonchev–Trinajstić information content (AvgIpc) is 2.54. The van der Waals surface area contributed by atoms with Crippen LogP contribution in [0.1, 0.15) is 39.0 Å². The van der Waals surface area contributed by atoms with Gasteiger partial charge in [-0.15, -0.1) is 0 Å². The van der Waals surface area contributed by atoms with E-state index in [1.165, 1.54) is 38.4 Å². The van der Waals surface area contributed by atoms with Crippen LogP contribution in [-0.2, 0) is 9.84 Å². The van der Waals surface area contributed by atoms with Gasteiger partial charge in [0.1, 0.15) is 0 Å². The standard InChI is InChI=1S/C14H22N2O2S/c1-11-4-3-5-12(7-6-11)16-13-8-9-14(15-10-13)19(2,17)18/h8-12,16H,3-7H2,1-2H3. The van der Waals surface area contributed by atoms with E-state index in [9.17, 15) is 8.42 Å². The van der Waals surface area contributed by atoms with Crippen LogP contribution in [0, 0.1) is 5.92 Å². The Balaban J connectivity index is 1.99. The fraction of sp³-hybridized carbons (Fsp3) is 0.643. The van der Waals surface area contributed by atoms with Gasteiger partial charge in [-0.05, 0) is 37.3 Å². The Hall–Kier alpha value is -1.10. The zero-order chi connectivity index (χ0) is 13.9. The molecule has 0 radical (unpaired) electrons. The van der Waals surface area contributed by atoms with Crippen molar-refractivity contribution in [3.63, 3.8) is 0 Å². The summed E-state index contributed by atoms with van der Waals surface area (Å²) in [6.07, 6.45) is 8.97. The molecule has 2 unspecified atom stereocenters. The molecule has 0 amide bonds. The van der Waals surface area contributed by atoms with Gasteiger partial charge in [0.25, 0.3) is 0 Å². The first kappa shape index (κ1) is 14.3. The third kappa shape index (κ3) is 4.20. The second-order valence-corrected chi connectivity index (χ2v) is 7.57. The van der Waals surface area contributed by atoms with E-state index < -0.39 is 9.84 Å². The third-order valence-electron chi connectivity index (χ3n) is 3.74. The van der Waals surface area contributed by atoms with Crippen molar-refractivity contribution >= 4 is 15.5 Å². The highest BCUT2D eigenvalue weighted by molar-refractivity contribution is 7.90. The van der Waals surface area contributed by atoms with Gasteiger partial charge in [-0.25, -0.2) is 13.4 Å². The number of nitrogens with zero attached hydrogens (tertiary/aromatic N) is 1. The SMILES string of the molecule is CC1CCCC(Nc2ccc(S(C)(=O)=O)nc2)CC1. The highest BCUT2D eigenvalue weighted by Crippen LogP contribution is 2.25. The van der Waals surface area contributed by atoms with E-state index in [1.807, 2.05) is 0 Å². The van der Waals surface area contributed by atoms with Crippen molar-refractivity contribution in [2.75, 3.05) is 11.6 Å². The predicted molar refractivity (Wildman–Crippen MR) is 77.0 cm³/mol. The van der Waals surface area contributed by atoms with E-state index in [1.54, 1.807) is 18.3 Å². The molecule has 1 saturated carbocycles. The molecule has 1 fully saturated rings. The molecule has 0 aromatic carbocycles. The summed E-state index contributed by atoms with van der Waals surface area (Å²) >= 11 is 0. The summed E-state index contributed by atoms with van der Waals surface area (Å²) < 4.78 is 22.7. The molecule has 1 aliphatic rings. The van der Waals surface area contributed by atoms with Gasteiger partial charge in [0.2, 0.25) is 0 Å². The predicted octanol–water partition coefficient (Wildman–Crippen LogP) is 2.87. The summed E-state index contributed by atoms with van der Waals surface area (Å²) in [5, 5.41) is 3.59. The second-order valence-electron chi connectivity index (χ2n) is 5.61. The maximum Gasteiger partial charge on any atom is 0.192 e. The van der Waals surface area contributed by atoms with Gasteiger partial charge in [0.05, 0.1) is 11.9 Å². The number of pyridine rings is 1. The number of nitrogens with one attached hydrogen (secondary N) is 1. The van der Waals surface area contributed by atoms with Crippen LogP contribution in [0.5, 0.6) is 0 Å². The first-order valence-corrected chi connectivity index (χ1v) is 8.77. The van der Waals surface area contributed by atoms with Crippen molar-refractivity contribution in [3.05, 3.63) is 18.3 Å². The quantitative estimate of drug-likeness (QED) is 0.866.